The van der Waals surface area contributed by atoms with Crippen LogP contribution in [0.3, 0.4) is 0 Å². The zero-order chi connectivity index (χ0) is 26.3. The van der Waals surface area contributed by atoms with Crippen molar-refractivity contribution in [2.75, 3.05) is 6.61 Å². The lowest BCUT2D eigenvalue weighted by atomic mass is 9.43. The van der Waals surface area contributed by atoms with Crippen LogP contribution in [0.25, 0.3) is 0 Å². The van der Waals surface area contributed by atoms with Gasteiger partial charge in [0.1, 0.15) is 36.6 Å². The Labute approximate surface area is 213 Å². The molecule has 0 bridgehead atoms. The van der Waals surface area contributed by atoms with E-state index in [0.29, 0.717) is 25.7 Å². The highest BCUT2D eigenvalue weighted by atomic mass is 16.7. The van der Waals surface area contributed by atoms with Crippen molar-refractivity contribution in [1.82, 2.24) is 0 Å². The minimum Gasteiger partial charge on any atom is -0.472 e. The summed E-state index contributed by atoms with van der Waals surface area (Å²) in [4.78, 5) is 26.5. The number of ether oxygens (including phenoxy) is 4. The molecule has 2 saturated carbocycles. The van der Waals surface area contributed by atoms with Gasteiger partial charge in [0.25, 0.3) is 0 Å². The number of hydrogen-bond donors (Lipinski definition) is 4. The zero-order valence-electron chi connectivity index (χ0n) is 20.8. The number of aliphatic hydroxyl groups is 4. The summed E-state index contributed by atoms with van der Waals surface area (Å²) in [5, 5.41) is 40.3. The molecule has 13 atom stereocenters. The number of hydrogen-bond acceptors (Lipinski definition) is 11. The van der Waals surface area contributed by atoms with Gasteiger partial charge in [-0.2, -0.15) is 0 Å². The number of esters is 2. The first kappa shape index (κ1) is 25.3. The van der Waals surface area contributed by atoms with E-state index in [-0.39, 0.29) is 11.9 Å². The molecule has 0 spiro atoms. The van der Waals surface area contributed by atoms with E-state index in [4.69, 9.17) is 23.4 Å². The lowest BCUT2D eigenvalue weighted by molar-refractivity contribution is -0.321. The predicted octanol–water partition coefficient (Wildman–Crippen LogP) is 0.437. The van der Waals surface area contributed by atoms with Crippen LogP contribution in [-0.2, 0) is 28.5 Å². The van der Waals surface area contributed by atoms with Crippen LogP contribution in [0.2, 0.25) is 0 Å². The Bertz CT molecular complexity index is 1040. The lowest BCUT2D eigenvalue weighted by Crippen LogP contribution is -2.64. The molecule has 4 heterocycles. The first-order valence-electron chi connectivity index (χ1n) is 13.0. The number of furan rings is 1. The summed E-state index contributed by atoms with van der Waals surface area (Å²) in [7, 11) is 0. The molecule has 5 aliphatic rings. The molecule has 6 rings (SSSR count). The fourth-order valence-corrected chi connectivity index (χ4v) is 8.12. The SMILES string of the molecule is C[C@@]12C3CC4C(=O)OC(c5ccoc5)C[C@@]4(C)[C@@H]1CCC(OC1O[C@H](CO)[C@@H](O)[C@H](O)[C@H]1O)C2C(=O)O3. The van der Waals surface area contributed by atoms with Crippen molar-refractivity contribution in [1.29, 1.82) is 0 Å². The van der Waals surface area contributed by atoms with E-state index in [9.17, 15) is 30.0 Å². The number of aliphatic hydroxyl groups excluding tert-OH is 4. The van der Waals surface area contributed by atoms with Crippen LogP contribution in [0.5, 0.6) is 0 Å². The van der Waals surface area contributed by atoms with E-state index < -0.39 is 84.3 Å². The van der Waals surface area contributed by atoms with Gasteiger partial charge in [0.15, 0.2) is 6.29 Å². The largest absolute Gasteiger partial charge is 0.472 e. The molecular weight excluding hydrogens is 488 g/mol. The van der Waals surface area contributed by atoms with Gasteiger partial charge in [-0.3, -0.25) is 9.59 Å². The van der Waals surface area contributed by atoms with Crippen molar-refractivity contribution in [2.45, 2.75) is 88.5 Å². The monoisotopic (exact) mass is 522 g/mol. The predicted molar refractivity (Wildman–Crippen MR) is 121 cm³/mol. The number of carbonyl (C=O) groups excluding carboxylic acids is 2. The second-order valence-electron chi connectivity index (χ2n) is 11.8. The minimum atomic E-state index is -1.58. The summed E-state index contributed by atoms with van der Waals surface area (Å²) in [6, 6.07) is 1.80. The van der Waals surface area contributed by atoms with Crippen LogP contribution in [0, 0.1) is 28.6 Å². The summed E-state index contributed by atoms with van der Waals surface area (Å²) < 4.78 is 28.6. The molecule has 0 radical (unpaired) electrons. The van der Waals surface area contributed by atoms with Crippen LogP contribution in [-0.4, -0.2) is 81.9 Å². The third-order valence-electron chi connectivity index (χ3n) is 10.0. The highest BCUT2D eigenvalue weighted by Gasteiger charge is 2.72. The Morgan fingerprint density at radius 3 is 2.54 bits per heavy atom. The van der Waals surface area contributed by atoms with E-state index in [1.54, 1.807) is 18.6 Å². The summed E-state index contributed by atoms with van der Waals surface area (Å²) in [6.07, 6.45) is -3.53. The van der Waals surface area contributed by atoms with Gasteiger partial charge < -0.3 is 43.8 Å². The van der Waals surface area contributed by atoms with Crippen LogP contribution >= 0.6 is 0 Å². The molecule has 0 amide bonds. The minimum absolute atomic E-state index is 0.0444. The molecular formula is C26H34O11. The molecule has 11 nitrogen and oxygen atoms in total. The molecule has 5 fully saturated rings. The van der Waals surface area contributed by atoms with Crippen molar-refractivity contribution < 1.29 is 53.4 Å². The average molecular weight is 523 g/mol. The second-order valence-corrected chi connectivity index (χ2v) is 11.8. The second kappa shape index (κ2) is 8.75. The van der Waals surface area contributed by atoms with E-state index in [1.807, 2.05) is 6.92 Å². The summed E-state index contributed by atoms with van der Waals surface area (Å²) in [5.41, 5.74) is -0.295. The Kier molecular flexibility index (Phi) is 5.98. The molecule has 1 aromatic heterocycles. The fraction of sp³-hybridized carbons (Fsp3) is 0.769. The summed E-state index contributed by atoms with van der Waals surface area (Å²) >= 11 is 0. The van der Waals surface area contributed by atoms with Gasteiger partial charge >= 0.3 is 11.9 Å². The quantitative estimate of drug-likeness (QED) is 0.320. The van der Waals surface area contributed by atoms with Crippen molar-refractivity contribution in [3.05, 3.63) is 24.2 Å². The number of rotatable bonds is 4. The van der Waals surface area contributed by atoms with Gasteiger partial charge in [-0.25, -0.2) is 0 Å². The fourth-order valence-electron chi connectivity index (χ4n) is 8.12. The van der Waals surface area contributed by atoms with Crippen LogP contribution in [0.4, 0.5) is 0 Å². The molecule has 37 heavy (non-hydrogen) atoms. The Balaban J connectivity index is 1.29. The third kappa shape index (κ3) is 3.55. The maximum Gasteiger partial charge on any atom is 0.312 e. The van der Waals surface area contributed by atoms with Gasteiger partial charge in [0.05, 0.1) is 37.1 Å². The van der Waals surface area contributed by atoms with Gasteiger partial charge in [0.2, 0.25) is 0 Å². The van der Waals surface area contributed by atoms with Crippen molar-refractivity contribution in [2.24, 2.45) is 28.6 Å². The molecule has 1 aromatic rings. The Morgan fingerprint density at radius 2 is 1.84 bits per heavy atom. The zero-order valence-corrected chi connectivity index (χ0v) is 20.8. The topological polar surface area (TPSA) is 165 Å². The molecule has 11 heteroatoms. The van der Waals surface area contributed by atoms with Crippen LogP contribution < -0.4 is 0 Å². The maximum atomic E-state index is 13.3. The molecule has 3 saturated heterocycles. The van der Waals surface area contributed by atoms with Gasteiger partial charge in [-0.1, -0.05) is 13.8 Å². The number of cyclic esters (lactones) is 1. The van der Waals surface area contributed by atoms with Crippen molar-refractivity contribution >= 4 is 11.9 Å². The third-order valence-corrected chi connectivity index (χ3v) is 10.0. The van der Waals surface area contributed by atoms with Crippen LogP contribution in [0.1, 0.15) is 51.2 Å². The molecule has 0 aromatic carbocycles. The molecule has 6 unspecified atom stereocenters. The standard InChI is InChI=1S/C26H34O11/c1-25-8-14(11-5-6-33-10-11)34-22(31)12(25)7-17-26(2)16(25)4-3-13(18(26)23(32)37-17)35-24-21(30)20(29)19(28)15(9-27)36-24/h5-6,10,12-21,24,27-30H,3-4,7-9H2,1-2H3/t12?,13?,14?,15-,16+,17?,18?,19-,20+,21-,24?,25-,26+/m1/s1. The highest BCUT2D eigenvalue weighted by Crippen LogP contribution is 2.68. The highest BCUT2D eigenvalue weighted by molar-refractivity contribution is 5.79. The molecule has 4 N–H and O–H groups in total. The smallest absolute Gasteiger partial charge is 0.312 e. The molecule has 3 aliphatic heterocycles. The van der Waals surface area contributed by atoms with E-state index >= 15 is 0 Å². The van der Waals surface area contributed by atoms with Gasteiger partial charge in [-0.05, 0) is 43.1 Å². The normalized spacial score (nSPS) is 51.1. The first-order chi connectivity index (χ1) is 17.6. The average Bonchev–Trinajstić information content (AvgIpc) is 3.48. The summed E-state index contributed by atoms with van der Waals surface area (Å²) in [6.45, 7) is 3.56. The Morgan fingerprint density at radius 1 is 1.05 bits per heavy atom. The lowest BCUT2D eigenvalue weighted by Gasteiger charge is -2.61. The van der Waals surface area contributed by atoms with Gasteiger partial charge in [0, 0.05) is 11.0 Å². The van der Waals surface area contributed by atoms with E-state index in [1.165, 1.54) is 0 Å². The number of fused-ring (bicyclic) bond motifs is 2. The Hall–Kier alpha value is -2.02. The van der Waals surface area contributed by atoms with Crippen LogP contribution in [0.15, 0.2) is 23.0 Å². The maximum absolute atomic E-state index is 13.3. The first-order valence-corrected chi connectivity index (χ1v) is 13.0. The number of carbonyl (C=O) groups is 2. The van der Waals surface area contributed by atoms with Gasteiger partial charge in [-0.15, -0.1) is 0 Å². The van der Waals surface area contributed by atoms with E-state index in [0.717, 1.165) is 5.56 Å². The molecule has 204 valence electrons. The van der Waals surface area contributed by atoms with Crippen molar-refractivity contribution in [3.63, 3.8) is 0 Å². The van der Waals surface area contributed by atoms with Crippen molar-refractivity contribution in [3.8, 4) is 0 Å². The summed E-state index contributed by atoms with van der Waals surface area (Å²) in [5.74, 6) is -1.84. The van der Waals surface area contributed by atoms with E-state index in [2.05, 4.69) is 6.92 Å². The molecule has 2 aliphatic carbocycles.